The second-order valence-electron chi connectivity index (χ2n) is 5.64. The van der Waals surface area contributed by atoms with E-state index in [9.17, 15) is 4.79 Å². The Hall–Kier alpha value is -1.74. The number of carbonyl (C=O) groups excluding carboxylic acids is 1. The topological polar surface area (TPSA) is 20.3 Å². The first kappa shape index (κ1) is 15.2. The molecule has 0 saturated carbocycles. The number of hydrogen-bond acceptors (Lipinski definition) is 2. The van der Waals surface area contributed by atoms with Gasteiger partial charge >= 0.3 is 0 Å². The van der Waals surface area contributed by atoms with Crippen LogP contribution in [0.3, 0.4) is 0 Å². The van der Waals surface area contributed by atoms with E-state index in [-0.39, 0.29) is 11.3 Å². The molecule has 0 radical (unpaired) electrons. The first-order valence-corrected chi connectivity index (χ1v) is 8.76. The Morgan fingerprint density at radius 2 is 1.64 bits per heavy atom. The lowest BCUT2D eigenvalue weighted by Gasteiger charge is -2.30. The minimum atomic E-state index is 0.234. The summed E-state index contributed by atoms with van der Waals surface area (Å²) in [5, 5.41) is 0.234. The lowest BCUT2D eigenvalue weighted by Crippen LogP contribution is -2.36. The van der Waals surface area contributed by atoms with Gasteiger partial charge in [-0.1, -0.05) is 55.0 Å². The number of hydrogen-bond donors (Lipinski definition) is 0. The first-order valence-electron chi connectivity index (χ1n) is 7.88. The SMILES string of the molecule is O=C1CCCCC(Sc2ccccc2)N1Cc1ccccc1. The molecule has 2 nitrogen and oxygen atoms in total. The fourth-order valence-electron chi connectivity index (χ4n) is 2.80. The van der Waals surface area contributed by atoms with Crippen LogP contribution in [0.15, 0.2) is 65.6 Å². The van der Waals surface area contributed by atoms with E-state index >= 15 is 0 Å². The van der Waals surface area contributed by atoms with Crippen molar-refractivity contribution in [3.8, 4) is 0 Å². The number of likely N-dealkylation sites (tertiary alicyclic amines) is 1. The minimum Gasteiger partial charge on any atom is -0.326 e. The van der Waals surface area contributed by atoms with Gasteiger partial charge in [0.15, 0.2) is 0 Å². The summed E-state index contributed by atoms with van der Waals surface area (Å²) in [6.45, 7) is 0.712. The van der Waals surface area contributed by atoms with Crippen molar-refractivity contribution >= 4 is 17.7 Å². The van der Waals surface area contributed by atoms with Crippen molar-refractivity contribution in [2.75, 3.05) is 0 Å². The highest BCUT2D eigenvalue weighted by Crippen LogP contribution is 2.32. The van der Waals surface area contributed by atoms with Gasteiger partial charge in [0, 0.05) is 17.9 Å². The van der Waals surface area contributed by atoms with Gasteiger partial charge in [0.05, 0.1) is 5.37 Å². The van der Waals surface area contributed by atoms with E-state index in [0.29, 0.717) is 13.0 Å². The molecule has 2 aromatic carbocycles. The van der Waals surface area contributed by atoms with Gasteiger partial charge in [-0.2, -0.15) is 0 Å². The maximum atomic E-state index is 12.5. The van der Waals surface area contributed by atoms with Crippen LogP contribution in [0, 0.1) is 0 Å². The molecule has 22 heavy (non-hydrogen) atoms. The van der Waals surface area contributed by atoms with Crippen molar-refractivity contribution in [2.45, 2.75) is 42.5 Å². The summed E-state index contributed by atoms with van der Waals surface area (Å²) in [5.74, 6) is 0.287. The Kier molecular flexibility index (Phi) is 5.17. The number of benzene rings is 2. The molecule has 114 valence electrons. The molecule has 0 spiro atoms. The van der Waals surface area contributed by atoms with Crippen molar-refractivity contribution in [3.05, 3.63) is 66.2 Å². The van der Waals surface area contributed by atoms with Crippen LogP contribution in [0.2, 0.25) is 0 Å². The monoisotopic (exact) mass is 311 g/mol. The number of rotatable bonds is 4. The molecule has 1 heterocycles. The Morgan fingerprint density at radius 3 is 2.36 bits per heavy atom. The van der Waals surface area contributed by atoms with Crippen LogP contribution in [0.25, 0.3) is 0 Å². The zero-order valence-corrected chi connectivity index (χ0v) is 13.5. The second kappa shape index (κ2) is 7.50. The zero-order valence-electron chi connectivity index (χ0n) is 12.7. The summed E-state index contributed by atoms with van der Waals surface area (Å²) in [7, 11) is 0. The summed E-state index contributed by atoms with van der Waals surface area (Å²) >= 11 is 1.81. The molecule has 1 unspecified atom stereocenters. The molecule has 1 saturated heterocycles. The summed E-state index contributed by atoms with van der Waals surface area (Å²) in [5.41, 5.74) is 1.21. The highest BCUT2D eigenvalue weighted by Gasteiger charge is 2.27. The number of nitrogens with zero attached hydrogens (tertiary/aromatic N) is 1. The van der Waals surface area contributed by atoms with Gasteiger partial charge in [0.1, 0.15) is 0 Å². The third-order valence-corrected chi connectivity index (χ3v) is 5.28. The van der Waals surface area contributed by atoms with Crippen LogP contribution in [-0.4, -0.2) is 16.2 Å². The highest BCUT2D eigenvalue weighted by atomic mass is 32.2. The molecule has 1 aliphatic rings. The Bertz CT molecular complexity index is 599. The molecule has 1 amide bonds. The molecule has 1 fully saturated rings. The van der Waals surface area contributed by atoms with Gasteiger partial charge in [-0.05, 0) is 30.5 Å². The average Bonchev–Trinajstić information content (AvgIpc) is 2.73. The van der Waals surface area contributed by atoms with E-state index in [1.807, 2.05) is 36.0 Å². The van der Waals surface area contributed by atoms with Crippen LogP contribution in [-0.2, 0) is 11.3 Å². The first-order chi connectivity index (χ1) is 10.8. The predicted octanol–water partition coefficient (Wildman–Crippen LogP) is 4.71. The summed E-state index contributed by atoms with van der Waals surface area (Å²) in [4.78, 5) is 15.8. The Morgan fingerprint density at radius 1 is 0.955 bits per heavy atom. The summed E-state index contributed by atoms with van der Waals surface area (Å²) in [6.07, 6.45) is 3.88. The van der Waals surface area contributed by atoms with E-state index < -0.39 is 0 Å². The Labute approximate surface area is 136 Å². The normalized spacial score (nSPS) is 19.0. The number of thioether (sulfide) groups is 1. The van der Waals surface area contributed by atoms with Gasteiger partial charge in [-0.15, -0.1) is 11.8 Å². The van der Waals surface area contributed by atoms with Crippen LogP contribution >= 0.6 is 11.8 Å². The second-order valence-corrected chi connectivity index (χ2v) is 6.89. The smallest absolute Gasteiger partial charge is 0.223 e. The van der Waals surface area contributed by atoms with Gasteiger partial charge in [-0.3, -0.25) is 4.79 Å². The number of carbonyl (C=O) groups is 1. The lowest BCUT2D eigenvalue weighted by atomic mass is 10.2. The van der Waals surface area contributed by atoms with Crippen molar-refractivity contribution in [2.24, 2.45) is 0 Å². The third kappa shape index (κ3) is 3.92. The van der Waals surface area contributed by atoms with Gasteiger partial charge in [0.2, 0.25) is 5.91 Å². The predicted molar refractivity (Wildman–Crippen MR) is 91.5 cm³/mol. The van der Waals surface area contributed by atoms with Gasteiger partial charge < -0.3 is 4.90 Å². The van der Waals surface area contributed by atoms with E-state index in [2.05, 4.69) is 41.3 Å². The van der Waals surface area contributed by atoms with E-state index in [4.69, 9.17) is 0 Å². The summed E-state index contributed by atoms with van der Waals surface area (Å²) in [6, 6.07) is 20.7. The molecule has 3 heteroatoms. The molecule has 3 rings (SSSR count). The molecule has 1 aliphatic heterocycles. The molecule has 0 N–H and O–H groups in total. The largest absolute Gasteiger partial charge is 0.326 e. The number of amides is 1. The summed E-state index contributed by atoms with van der Waals surface area (Å²) < 4.78 is 0. The Balaban J connectivity index is 1.79. The van der Waals surface area contributed by atoms with E-state index in [0.717, 1.165) is 19.3 Å². The molecule has 2 aromatic rings. The van der Waals surface area contributed by atoms with Crippen molar-refractivity contribution in [3.63, 3.8) is 0 Å². The fourth-order valence-corrected chi connectivity index (χ4v) is 4.04. The zero-order chi connectivity index (χ0) is 15.2. The molecule has 1 atom stereocenters. The molecule has 0 aliphatic carbocycles. The minimum absolute atomic E-state index is 0.234. The van der Waals surface area contributed by atoms with Gasteiger partial charge in [0.25, 0.3) is 0 Å². The van der Waals surface area contributed by atoms with Gasteiger partial charge in [-0.25, -0.2) is 0 Å². The van der Waals surface area contributed by atoms with Crippen molar-refractivity contribution in [1.29, 1.82) is 0 Å². The van der Waals surface area contributed by atoms with E-state index in [1.54, 1.807) is 0 Å². The lowest BCUT2D eigenvalue weighted by molar-refractivity contribution is -0.131. The van der Waals surface area contributed by atoms with E-state index in [1.165, 1.54) is 10.5 Å². The van der Waals surface area contributed by atoms with Crippen molar-refractivity contribution in [1.82, 2.24) is 4.90 Å². The molecular formula is C19H21NOS. The molecule has 0 bridgehead atoms. The molecule has 0 aromatic heterocycles. The van der Waals surface area contributed by atoms with Crippen LogP contribution in [0.1, 0.15) is 31.2 Å². The third-order valence-electron chi connectivity index (χ3n) is 3.97. The van der Waals surface area contributed by atoms with Crippen LogP contribution in [0.4, 0.5) is 0 Å². The maximum absolute atomic E-state index is 12.5. The standard InChI is InChI=1S/C19H21NOS/c21-18-13-7-8-14-19(22-17-11-5-2-6-12-17)20(18)15-16-9-3-1-4-10-16/h1-6,9-12,19H,7-8,13-15H2. The fraction of sp³-hybridized carbons (Fsp3) is 0.316. The van der Waals surface area contributed by atoms with Crippen molar-refractivity contribution < 1.29 is 4.79 Å². The van der Waals surface area contributed by atoms with Crippen LogP contribution < -0.4 is 0 Å². The highest BCUT2D eigenvalue weighted by molar-refractivity contribution is 7.99. The maximum Gasteiger partial charge on any atom is 0.223 e. The quantitative estimate of drug-likeness (QED) is 0.815. The average molecular weight is 311 g/mol. The molecular weight excluding hydrogens is 290 g/mol. The van der Waals surface area contributed by atoms with Crippen LogP contribution in [0.5, 0.6) is 0 Å².